The summed E-state index contributed by atoms with van der Waals surface area (Å²) in [6.45, 7) is 4.67. The van der Waals surface area contributed by atoms with Gasteiger partial charge in [-0.05, 0) is 58.0 Å². The zero-order valence-electron chi connectivity index (χ0n) is 21.0. The number of benzene rings is 1. The van der Waals surface area contributed by atoms with Gasteiger partial charge in [0.1, 0.15) is 5.76 Å². The van der Waals surface area contributed by atoms with Crippen LogP contribution in [-0.4, -0.2) is 78.6 Å². The number of nitrogens with zero attached hydrogens (tertiary/aromatic N) is 1. The Balaban J connectivity index is 1.45. The van der Waals surface area contributed by atoms with E-state index in [0.717, 1.165) is 17.7 Å². The molecule has 1 N–H and O–H groups in total. The minimum atomic E-state index is -1.25. The molecule has 1 aromatic carbocycles. The van der Waals surface area contributed by atoms with Crippen LogP contribution in [-0.2, 0) is 40.4 Å². The molecular weight excluding hydrogens is 470 g/mol. The van der Waals surface area contributed by atoms with Crippen LogP contribution in [0, 0.1) is 0 Å². The first-order valence-corrected chi connectivity index (χ1v) is 12.1. The number of likely N-dealkylation sites (N-methyl/N-ethyl adjacent to an activating group) is 1. The highest BCUT2D eigenvalue weighted by atomic mass is 16.6. The highest BCUT2D eigenvalue weighted by Gasteiger charge is 2.72. The van der Waals surface area contributed by atoms with Crippen LogP contribution in [0.15, 0.2) is 24.0 Å². The molecule has 2 aliphatic heterocycles. The van der Waals surface area contributed by atoms with Gasteiger partial charge in [-0.2, -0.15) is 0 Å². The number of aliphatic hydroxyl groups is 1. The Hall–Kier alpha value is -3.11. The zero-order chi connectivity index (χ0) is 26.0. The molecule has 1 fully saturated rings. The zero-order valence-corrected chi connectivity index (χ0v) is 21.0. The van der Waals surface area contributed by atoms with E-state index in [1.54, 1.807) is 13.2 Å². The molecular formula is C26H31NO9. The Morgan fingerprint density at radius 2 is 1.89 bits per heavy atom. The third-order valence-corrected chi connectivity index (χ3v) is 8.08. The molecule has 1 saturated heterocycles. The lowest BCUT2D eigenvalue weighted by atomic mass is 9.50. The van der Waals surface area contributed by atoms with E-state index in [4.69, 9.17) is 23.7 Å². The van der Waals surface area contributed by atoms with Crippen LogP contribution in [0.3, 0.4) is 0 Å². The molecule has 1 spiro atoms. The predicted molar refractivity (Wildman–Crippen MR) is 124 cm³/mol. The van der Waals surface area contributed by atoms with Crippen molar-refractivity contribution in [3.05, 3.63) is 35.1 Å². The number of piperidine rings is 1. The fourth-order valence-corrected chi connectivity index (χ4v) is 6.40. The van der Waals surface area contributed by atoms with E-state index in [1.807, 2.05) is 19.2 Å². The van der Waals surface area contributed by atoms with E-state index in [-0.39, 0.29) is 18.2 Å². The van der Waals surface area contributed by atoms with Crippen molar-refractivity contribution in [1.82, 2.24) is 4.90 Å². The normalized spacial score (nSPS) is 31.2. The van der Waals surface area contributed by atoms with Crippen LogP contribution in [0.1, 0.15) is 44.7 Å². The van der Waals surface area contributed by atoms with Crippen LogP contribution < -0.4 is 9.47 Å². The number of carbonyl (C=O) groups is 3. The average molecular weight is 502 g/mol. The molecule has 2 unspecified atom stereocenters. The van der Waals surface area contributed by atoms with Gasteiger partial charge >= 0.3 is 17.9 Å². The Morgan fingerprint density at radius 1 is 1.17 bits per heavy atom. The first-order chi connectivity index (χ1) is 17.0. The van der Waals surface area contributed by atoms with Gasteiger partial charge in [0, 0.05) is 24.9 Å². The molecule has 4 aliphatic rings. The molecule has 194 valence electrons. The fourth-order valence-electron chi connectivity index (χ4n) is 6.40. The molecule has 2 heterocycles. The van der Waals surface area contributed by atoms with Gasteiger partial charge in [0.2, 0.25) is 0 Å². The van der Waals surface area contributed by atoms with E-state index < -0.39 is 47.2 Å². The van der Waals surface area contributed by atoms with Gasteiger partial charge in [-0.3, -0.25) is 4.79 Å². The lowest BCUT2D eigenvalue weighted by Crippen LogP contribution is -2.74. The van der Waals surface area contributed by atoms with Gasteiger partial charge in [-0.1, -0.05) is 6.07 Å². The molecule has 6 atom stereocenters. The quantitative estimate of drug-likeness (QED) is 0.452. The summed E-state index contributed by atoms with van der Waals surface area (Å²) in [5.41, 5.74) is 0.0808. The first-order valence-electron chi connectivity index (χ1n) is 12.1. The van der Waals surface area contributed by atoms with Gasteiger partial charge in [-0.25, -0.2) is 9.59 Å². The molecule has 10 nitrogen and oxygen atoms in total. The van der Waals surface area contributed by atoms with Crippen molar-refractivity contribution in [1.29, 1.82) is 0 Å². The molecule has 0 saturated carbocycles. The predicted octanol–water partition coefficient (Wildman–Crippen LogP) is 1.40. The van der Waals surface area contributed by atoms with E-state index in [0.29, 0.717) is 24.3 Å². The van der Waals surface area contributed by atoms with Crippen LogP contribution in [0.5, 0.6) is 11.5 Å². The largest absolute Gasteiger partial charge is 0.493 e. The van der Waals surface area contributed by atoms with Crippen molar-refractivity contribution in [2.45, 2.75) is 75.4 Å². The summed E-state index contributed by atoms with van der Waals surface area (Å²) in [6, 6.07) is 3.76. The third-order valence-electron chi connectivity index (χ3n) is 8.08. The lowest BCUT2D eigenvalue weighted by Gasteiger charge is -2.61. The summed E-state index contributed by atoms with van der Waals surface area (Å²) < 4.78 is 27.7. The molecule has 5 rings (SSSR count). The fraction of sp³-hybridized carbons (Fsp3) is 0.577. The number of carbonyl (C=O) groups excluding carboxylic acids is 3. The maximum absolute atomic E-state index is 12.9. The van der Waals surface area contributed by atoms with Crippen molar-refractivity contribution in [2.75, 3.05) is 20.7 Å². The summed E-state index contributed by atoms with van der Waals surface area (Å²) in [7, 11) is 3.58. The molecule has 36 heavy (non-hydrogen) atoms. The lowest BCUT2D eigenvalue weighted by molar-refractivity contribution is -0.179. The minimum absolute atomic E-state index is 0.125. The molecule has 0 radical (unpaired) electrons. The Morgan fingerprint density at radius 3 is 2.58 bits per heavy atom. The summed E-state index contributed by atoms with van der Waals surface area (Å²) in [4.78, 5) is 38.4. The van der Waals surface area contributed by atoms with Crippen molar-refractivity contribution >= 4 is 17.9 Å². The number of rotatable bonds is 6. The van der Waals surface area contributed by atoms with E-state index in [2.05, 4.69) is 4.90 Å². The first kappa shape index (κ1) is 24.6. The maximum Gasteiger partial charge on any atom is 0.352 e. The third kappa shape index (κ3) is 3.34. The summed E-state index contributed by atoms with van der Waals surface area (Å²) in [6.07, 6.45) is 0.105. The number of hydrogen-bond acceptors (Lipinski definition) is 10. The highest BCUT2D eigenvalue weighted by molar-refractivity contribution is 5.83. The van der Waals surface area contributed by atoms with Crippen molar-refractivity contribution in [2.24, 2.45) is 0 Å². The van der Waals surface area contributed by atoms with Crippen LogP contribution in [0.2, 0.25) is 0 Å². The van der Waals surface area contributed by atoms with Crippen molar-refractivity contribution < 1.29 is 43.2 Å². The van der Waals surface area contributed by atoms with Gasteiger partial charge < -0.3 is 33.7 Å². The van der Waals surface area contributed by atoms with Gasteiger partial charge in [0.25, 0.3) is 0 Å². The van der Waals surface area contributed by atoms with Crippen LogP contribution >= 0.6 is 0 Å². The second-order valence-electron chi connectivity index (χ2n) is 10.0. The Bertz CT molecular complexity index is 1160. The maximum atomic E-state index is 12.9. The SMILES string of the molecule is COc1ccc2c3c1OC1C(OC(=O)[C@H](C)OC(=O)[C@H](C)OC(C)=O)=CC[C@@]4(O)[C@@H](C2)N(C)CCC314. The Labute approximate surface area is 209 Å². The number of hydrogen-bond donors (Lipinski definition) is 1. The van der Waals surface area contributed by atoms with Gasteiger partial charge in [-0.15, -0.1) is 0 Å². The smallest absolute Gasteiger partial charge is 0.352 e. The second-order valence-corrected chi connectivity index (χ2v) is 10.0. The minimum Gasteiger partial charge on any atom is -0.493 e. The van der Waals surface area contributed by atoms with Crippen LogP contribution in [0.4, 0.5) is 0 Å². The average Bonchev–Trinajstić information content (AvgIpc) is 3.18. The summed E-state index contributed by atoms with van der Waals surface area (Å²) >= 11 is 0. The molecule has 10 heteroatoms. The van der Waals surface area contributed by atoms with E-state index in [1.165, 1.54) is 20.8 Å². The number of ether oxygens (including phenoxy) is 5. The highest BCUT2D eigenvalue weighted by Crippen LogP contribution is 2.65. The van der Waals surface area contributed by atoms with Crippen molar-refractivity contribution in [3.63, 3.8) is 0 Å². The topological polar surface area (TPSA) is 121 Å². The monoisotopic (exact) mass is 501 g/mol. The summed E-state index contributed by atoms with van der Waals surface area (Å²) in [5, 5.41) is 12.2. The molecule has 0 amide bonds. The van der Waals surface area contributed by atoms with Crippen LogP contribution in [0.25, 0.3) is 0 Å². The summed E-state index contributed by atoms with van der Waals surface area (Å²) in [5.74, 6) is -0.881. The van der Waals surface area contributed by atoms with Gasteiger partial charge in [0.15, 0.2) is 29.8 Å². The molecule has 1 aromatic rings. The number of esters is 3. The molecule has 2 aliphatic carbocycles. The number of methoxy groups -OCH3 is 1. The van der Waals surface area contributed by atoms with E-state index >= 15 is 0 Å². The molecule has 0 aromatic heterocycles. The second kappa shape index (κ2) is 8.48. The van der Waals surface area contributed by atoms with Crippen molar-refractivity contribution in [3.8, 4) is 11.5 Å². The van der Waals surface area contributed by atoms with Gasteiger partial charge in [0.05, 0.1) is 18.1 Å². The standard InChI is InChI=1S/C26H31NO9/c1-13(33-15(3)28)23(29)34-14(2)24(30)35-18-8-9-26(31)19-12-16-6-7-17(32-5)21-20(16)25(26,22(18)36-21)10-11-27(19)4/h6-8,13-14,19,22,31H,9-12H2,1-5H3/t13-,14-,19+,22?,25?,26+/m0/s1. The number of likely N-dealkylation sites (tertiary alicyclic amines) is 1. The molecule has 2 bridgehead atoms. The van der Waals surface area contributed by atoms with E-state index in [9.17, 15) is 19.5 Å². The Kier molecular flexibility index (Phi) is 5.79.